The maximum Gasteiger partial charge on any atom is 0.408 e. The molecule has 0 spiro atoms. The van der Waals surface area contributed by atoms with Crippen LogP contribution in [0.4, 0.5) is 10.5 Å². The van der Waals surface area contributed by atoms with Crippen molar-refractivity contribution in [1.82, 2.24) is 5.32 Å². The molecule has 0 heterocycles. The molecule has 9 heteroatoms. The monoisotopic (exact) mass is 426 g/mol. The van der Waals surface area contributed by atoms with Crippen molar-refractivity contribution in [2.45, 2.75) is 44.2 Å². The van der Waals surface area contributed by atoms with Crippen molar-refractivity contribution in [3.05, 3.63) is 75.8 Å². The molecule has 0 saturated heterocycles. The maximum absolute atomic E-state index is 12.9. The maximum atomic E-state index is 12.9. The van der Waals surface area contributed by atoms with Gasteiger partial charge in [0.05, 0.1) is 10.5 Å². The summed E-state index contributed by atoms with van der Waals surface area (Å²) in [6.45, 7) is 5.08. The van der Waals surface area contributed by atoms with Crippen molar-refractivity contribution in [3.63, 3.8) is 0 Å². The molecule has 2 aromatic carbocycles. The molecule has 0 radical (unpaired) electrons. The van der Waals surface area contributed by atoms with Crippen molar-refractivity contribution >= 4 is 23.7 Å². The van der Waals surface area contributed by atoms with Crippen LogP contribution in [0.3, 0.4) is 0 Å². The lowest BCUT2D eigenvalue weighted by Gasteiger charge is -2.23. The van der Waals surface area contributed by atoms with Gasteiger partial charge in [-0.3, -0.25) is 10.1 Å². The zero-order valence-electron chi connectivity index (χ0n) is 17.3. The molecule has 162 valence electrons. The van der Waals surface area contributed by atoms with Crippen LogP contribution in [0.25, 0.3) is 0 Å². The number of nitro benzene ring substituents is 1. The number of amides is 1. The van der Waals surface area contributed by atoms with Gasteiger partial charge in [0.15, 0.2) is 0 Å². The molecule has 1 saturated carbocycles. The summed E-state index contributed by atoms with van der Waals surface area (Å²) in [5.41, 5.74) is -1.64. The minimum Gasteiger partial charge on any atom is -0.444 e. The third-order valence-electron chi connectivity index (χ3n) is 4.75. The van der Waals surface area contributed by atoms with E-state index in [9.17, 15) is 24.5 Å². The fraction of sp³-hybridized carbons (Fsp3) is 0.318. The number of rotatable bonds is 5. The zero-order chi connectivity index (χ0) is 22.8. The van der Waals surface area contributed by atoms with Crippen molar-refractivity contribution in [2.24, 2.45) is 0 Å². The normalized spacial score (nSPS) is 19.8. The first kappa shape index (κ1) is 21.9. The Labute approximate surface area is 178 Å². The molecule has 1 aliphatic carbocycles. The average Bonchev–Trinajstić information content (AvgIpc) is 3.42. The Morgan fingerprint density at radius 2 is 1.68 bits per heavy atom. The van der Waals surface area contributed by atoms with Gasteiger partial charge in [-0.15, -0.1) is 0 Å². The third-order valence-corrected chi connectivity index (χ3v) is 4.75. The van der Waals surface area contributed by atoms with Gasteiger partial charge in [0.2, 0.25) is 0 Å². The van der Waals surface area contributed by atoms with Gasteiger partial charge < -0.3 is 14.8 Å². The molecule has 3 rings (SSSR count). The first-order valence-electron chi connectivity index (χ1n) is 9.59. The number of nitrogens with one attached hydrogen (secondary N) is 1. The van der Waals surface area contributed by atoms with E-state index in [2.05, 4.69) is 5.32 Å². The first-order chi connectivity index (χ1) is 14.5. The Balaban J connectivity index is 1.79. The third kappa shape index (κ3) is 5.06. The molecule has 1 fully saturated rings. The fourth-order valence-corrected chi connectivity index (χ4v) is 3.20. The van der Waals surface area contributed by atoms with E-state index in [1.807, 2.05) is 18.2 Å². The van der Waals surface area contributed by atoms with Crippen molar-refractivity contribution in [3.8, 4) is 0 Å². The quantitative estimate of drug-likeness (QED) is 0.334. The van der Waals surface area contributed by atoms with E-state index < -0.39 is 40.0 Å². The number of alkyl carbamates (subject to hydrolysis) is 1. The number of carbonyl (C=O) groups excluding carboxylic acids is 3. The van der Waals surface area contributed by atoms with E-state index in [4.69, 9.17) is 9.47 Å². The second kappa shape index (κ2) is 8.17. The SMILES string of the molecule is CC(C)(C)OC(=O)N[C@@]1(C(=O)OC(=O)c2ccc([N+](=O)[O-])cc2)C[C@@H]1c1ccccc1. The lowest BCUT2D eigenvalue weighted by molar-refractivity contribution is -0.384. The molecule has 0 aromatic heterocycles. The van der Waals surface area contributed by atoms with Gasteiger partial charge in [0.25, 0.3) is 5.69 Å². The number of nitro groups is 1. The Bertz CT molecular complexity index is 1010. The van der Waals surface area contributed by atoms with E-state index in [0.717, 1.165) is 17.7 Å². The highest BCUT2D eigenvalue weighted by Gasteiger charge is 2.64. The standard InChI is InChI=1S/C22H22N2O7/c1-21(2,3)31-20(27)23-22(13-17(22)14-7-5-4-6-8-14)19(26)30-18(25)15-9-11-16(12-10-15)24(28)29/h4-12,17H,13H2,1-3H3,(H,23,27)/t17-,22+/m1/s1. The minimum atomic E-state index is -1.44. The molecule has 1 aliphatic rings. The summed E-state index contributed by atoms with van der Waals surface area (Å²) in [6.07, 6.45) is -0.562. The van der Waals surface area contributed by atoms with Gasteiger partial charge in [-0.1, -0.05) is 30.3 Å². The van der Waals surface area contributed by atoms with Crippen molar-refractivity contribution < 1.29 is 28.8 Å². The highest BCUT2D eigenvalue weighted by Crippen LogP contribution is 2.52. The highest BCUT2D eigenvalue weighted by molar-refractivity contribution is 6.02. The molecule has 2 aromatic rings. The Morgan fingerprint density at radius 3 is 2.23 bits per heavy atom. The largest absolute Gasteiger partial charge is 0.444 e. The van der Waals surface area contributed by atoms with Gasteiger partial charge in [0.1, 0.15) is 11.1 Å². The number of non-ortho nitro benzene ring substituents is 1. The van der Waals surface area contributed by atoms with Crippen LogP contribution in [0.5, 0.6) is 0 Å². The number of benzene rings is 2. The smallest absolute Gasteiger partial charge is 0.408 e. The number of ether oxygens (including phenoxy) is 2. The topological polar surface area (TPSA) is 125 Å². The van der Waals surface area contributed by atoms with Gasteiger partial charge >= 0.3 is 18.0 Å². The first-order valence-corrected chi connectivity index (χ1v) is 9.59. The minimum absolute atomic E-state index is 0.0247. The Kier molecular flexibility index (Phi) is 5.79. The number of esters is 2. The summed E-state index contributed by atoms with van der Waals surface area (Å²) in [4.78, 5) is 47.9. The summed E-state index contributed by atoms with van der Waals surface area (Å²) in [5, 5.41) is 13.3. The molecular weight excluding hydrogens is 404 g/mol. The Morgan fingerprint density at radius 1 is 1.06 bits per heavy atom. The fourth-order valence-electron chi connectivity index (χ4n) is 3.20. The summed E-state index contributed by atoms with van der Waals surface area (Å²) in [7, 11) is 0. The molecule has 31 heavy (non-hydrogen) atoms. The molecule has 1 N–H and O–H groups in total. The second-order valence-corrected chi connectivity index (χ2v) is 8.25. The van der Waals surface area contributed by atoms with Crippen LogP contribution in [0.15, 0.2) is 54.6 Å². The van der Waals surface area contributed by atoms with Crippen LogP contribution in [0, 0.1) is 10.1 Å². The molecule has 9 nitrogen and oxygen atoms in total. The predicted molar refractivity (Wildman–Crippen MR) is 109 cm³/mol. The Hall–Kier alpha value is -3.75. The van der Waals surface area contributed by atoms with Crippen LogP contribution in [0.1, 0.15) is 49.0 Å². The molecular formula is C22H22N2O7. The number of nitrogens with zero attached hydrogens (tertiary/aromatic N) is 1. The number of hydrogen-bond acceptors (Lipinski definition) is 7. The van der Waals surface area contributed by atoms with Crippen LogP contribution >= 0.6 is 0 Å². The van der Waals surface area contributed by atoms with Gasteiger partial charge in [-0.25, -0.2) is 14.4 Å². The van der Waals surface area contributed by atoms with Crippen molar-refractivity contribution in [1.29, 1.82) is 0 Å². The zero-order valence-corrected chi connectivity index (χ0v) is 17.3. The molecule has 2 atom stereocenters. The molecule has 0 bridgehead atoms. The molecule has 1 amide bonds. The molecule has 0 aliphatic heterocycles. The van der Waals surface area contributed by atoms with Crippen LogP contribution in [0.2, 0.25) is 0 Å². The lowest BCUT2D eigenvalue weighted by atomic mass is 10.1. The predicted octanol–water partition coefficient (Wildman–Crippen LogP) is 3.73. The van der Waals surface area contributed by atoms with E-state index in [0.29, 0.717) is 0 Å². The van der Waals surface area contributed by atoms with Crippen LogP contribution in [-0.2, 0) is 14.3 Å². The summed E-state index contributed by atoms with van der Waals surface area (Å²) in [6, 6.07) is 13.7. The summed E-state index contributed by atoms with van der Waals surface area (Å²) < 4.78 is 10.3. The highest BCUT2D eigenvalue weighted by atomic mass is 16.6. The molecule has 0 unspecified atom stereocenters. The average molecular weight is 426 g/mol. The second-order valence-electron chi connectivity index (χ2n) is 8.25. The number of hydrogen-bond donors (Lipinski definition) is 1. The summed E-state index contributed by atoms with van der Waals surface area (Å²) in [5.74, 6) is -2.28. The van der Waals surface area contributed by atoms with Gasteiger partial charge in [-0.05, 0) is 44.9 Å². The number of carbonyl (C=O) groups is 3. The van der Waals surface area contributed by atoms with E-state index in [1.54, 1.807) is 32.9 Å². The van der Waals surface area contributed by atoms with Crippen LogP contribution in [-0.4, -0.2) is 34.1 Å². The van der Waals surface area contributed by atoms with Crippen LogP contribution < -0.4 is 5.32 Å². The van der Waals surface area contributed by atoms with E-state index in [1.165, 1.54) is 12.1 Å². The lowest BCUT2D eigenvalue weighted by Crippen LogP contribution is -2.48. The van der Waals surface area contributed by atoms with Crippen molar-refractivity contribution in [2.75, 3.05) is 0 Å². The van der Waals surface area contributed by atoms with Gasteiger partial charge in [-0.2, -0.15) is 0 Å². The summed E-state index contributed by atoms with van der Waals surface area (Å²) >= 11 is 0. The van der Waals surface area contributed by atoms with Gasteiger partial charge in [0, 0.05) is 18.1 Å². The van der Waals surface area contributed by atoms with E-state index in [-0.39, 0.29) is 17.7 Å². The van der Waals surface area contributed by atoms with E-state index >= 15 is 0 Å².